The number of rotatable bonds is 4. The van der Waals surface area contributed by atoms with E-state index >= 15 is 0 Å². The molecule has 2 aromatic carbocycles. The van der Waals surface area contributed by atoms with E-state index in [4.69, 9.17) is 16.3 Å². The van der Waals surface area contributed by atoms with Crippen LogP contribution < -0.4 is 4.74 Å². The van der Waals surface area contributed by atoms with E-state index in [0.29, 0.717) is 23.7 Å². The fourth-order valence-corrected chi connectivity index (χ4v) is 3.29. The fraction of sp³-hybridized carbons (Fsp3) is 0.250. The third-order valence-corrected chi connectivity index (χ3v) is 4.90. The molecule has 1 aromatic heterocycles. The molecule has 0 bridgehead atoms. The van der Waals surface area contributed by atoms with Crippen molar-refractivity contribution in [3.05, 3.63) is 71.8 Å². The second-order valence-corrected chi connectivity index (χ2v) is 6.89. The predicted octanol–water partition coefficient (Wildman–Crippen LogP) is 3.60. The molecule has 0 atom stereocenters. The first-order valence-corrected chi connectivity index (χ1v) is 9.23. The zero-order valence-electron chi connectivity index (χ0n) is 14.7. The third-order valence-electron chi connectivity index (χ3n) is 4.64. The SMILES string of the molecule is O=C(c1ccc(-n2cncn2)cc1)N1CCC(Oc2ccc(Cl)cc2)CC1. The molecule has 1 amide bonds. The Morgan fingerprint density at radius 2 is 1.74 bits per heavy atom. The second kappa shape index (κ2) is 7.80. The minimum Gasteiger partial charge on any atom is -0.490 e. The van der Waals surface area contributed by atoms with Gasteiger partial charge in [-0.15, -0.1) is 0 Å². The molecule has 27 heavy (non-hydrogen) atoms. The molecular formula is C20H19ClN4O2. The third kappa shape index (κ3) is 4.11. The Morgan fingerprint density at radius 3 is 2.37 bits per heavy atom. The first-order valence-electron chi connectivity index (χ1n) is 8.85. The summed E-state index contributed by atoms with van der Waals surface area (Å²) in [6.45, 7) is 1.36. The van der Waals surface area contributed by atoms with Crippen molar-refractivity contribution in [1.29, 1.82) is 0 Å². The van der Waals surface area contributed by atoms with Crippen molar-refractivity contribution >= 4 is 17.5 Å². The minimum absolute atomic E-state index is 0.0464. The smallest absolute Gasteiger partial charge is 0.253 e. The van der Waals surface area contributed by atoms with E-state index in [9.17, 15) is 4.79 Å². The number of carbonyl (C=O) groups is 1. The number of halogens is 1. The van der Waals surface area contributed by atoms with E-state index in [-0.39, 0.29) is 12.0 Å². The number of likely N-dealkylation sites (tertiary alicyclic amines) is 1. The van der Waals surface area contributed by atoms with Crippen molar-refractivity contribution in [3.8, 4) is 11.4 Å². The van der Waals surface area contributed by atoms with Crippen LogP contribution in [0, 0.1) is 0 Å². The van der Waals surface area contributed by atoms with Crippen LogP contribution in [0.1, 0.15) is 23.2 Å². The molecule has 2 heterocycles. The van der Waals surface area contributed by atoms with Gasteiger partial charge in [0.05, 0.1) is 5.69 Å². The van der Waals surface area contributed by atoms with E-state index in [1.54, 1.807) is 11.0 Å². The Morgan fingerprint density at radius 1 is 1.04 bits per heavy atom. The lowest BCUT2D eigenvalue weighted by Crippen LogP contribution is -2.41. The van der Waals surface area contributed by atoms with E-state index in [0.717, 1.165) is 24.3 Å². The molecule has 1 fully saturated rings. The van der Waals surface area contributed by atoms with Gasteiger partial charge in [0.15, 0.2) is 0 Å². The Hall–Kier alpha value is -2.86. The molecule has 3 aromatic rings. The summed E-state index contributed by atoms with van der Waals surface area (Å²) in [4.78, 5) is 18.5. The maximum atomic E-state index is 12.7. The van der Waals surface area contributed by atoms with Crippen LogP contribution in [0.15, 0.2) is 61.2 Å². The summed E-state index contributed by atoms with van der Waals surface area (Å²) in [5.74, 6) is 0.859. The van der Waals surface area contributed by atoms with Gasteiger partial charge < -0.3 is 9.64 Å². The van der Waals surface area contributed by atoms with Crippen molar-refractivity contribution in [2.24, 2.45) is 0 Å². The predicted molar refractivity (Wildman–Crippen MR) is 102 cm³/mol. The summed E-state index contributed by atoms with van der Waals surface area (Å²) >= 11 is 5.90. The van der Waals surface area contributed by atoms with Gasteiger partial charge >= 0.3 is 0 Å². The maximum absolute atomic E-state index is 12.7. The van der Waals surface area contributed by atoms with Crippen molar-refractivity contribution in [2.75, 3.05) is 13.1 Å². The van der Waals surface area contributed by atoms with Crippen LogP contribution in [0.25, 0.3) is 5.69 Å². The van der Waals surface area contributed by atoms with Gasteiger partial charge in [-0.2, -0.15) is 5.10 Å². The molecule has 0 aliphatic carbocycles. The van der Waals surface area contributed by atoms with Crippen LogP contribution in [-0.2, 0) is 0 Å². The van der Waals surface area contributed by atoms with Gasteiger partial charge in [-0.05, 0) is 48.5 Å². The monoisotopic (exact) mass is 382 g/mol. The van der Waals surface area contributed by atoms with Crippen LogP contribution in [0.3, 0.4) is 0 Å². The highest BCUT2D eigenvalue weighted by Crippen LogP contribution is 2.22. The van der Waals surface area contributed by atoms with E-state index < -0.39 is 0 Å². The van der Waals surface area contributed by atoms with Crippen LogP contribution in [0.4, 0.5) is 0 Å². The quantitative estimate of drug-likeness (QED) is 0.691. The summed E-state index contributed by atoms with van der Waals surface area (Å²) in [5, 5.41) is 4.78. The van der Waals surface area contributed by atoms with Crippen LogP contribution in [-0.4, -0.2) is 44.8 Å². The number of benzene rings is 2. The molecule has 6 nitrogen and oxygen atoms in total. The highest BCUT2D eigenvalue weighted by Gasteiger charge is 2.24. The average Bonchev–Trinajstić information content (AvgIpc) is 3.25. The Bertz CT molecular complexity index is 887. The molecule has 0 saturated carbocycles. The van der Waals surface area contributed by atoms with Crippen LogP contribution in [0.2, 0.25) is 5.02 Å². The average molecular weight is 383 g/mol. The van der Waals surface area contributed by atoms with Gasteiger partial charge in [0.1, 0.15) is 24.5 Å². The lowest BCUT2D eigenvalue weighted by atomic mass is 10.1. The van der Waals surface area contributed by atoms with Gasteiger partial charge in [-0.3, -0.25) is 4.79 Å². The standard InChI is InChI=1S/C20H19ClN4O2/c21-16-3-7-18(8-4-16)27-19-9-11-24(12-10-19)20(26)15-1-5-17(6-2-15)25-14-22-13-23-25/h1-8,13-14,19H,9-12H2. The summed E-state index contributed by atoms with van der Waals surface area (Å²) in [6.07, 6.45) is 4.85. The number of hydrogen-bond acceptors (Lipinski definition) is 4. The second-order valence-electron chi connectivity index (χ2n) is 6.45. The molecule has 4 rings (SSSR count). The number of amides is 1. The maximum Gasteiger partial charge on any atom is 0.253 e. The fourth-order valence-electron chi connectivity index (χ4n) is 3.16. The Kier molecular flexibility index (Phi) is 5.07. The van der Waals surface area contributed by atoms with Gasteiger partial charge in [0.25, 0.3) is 5.91 Å². The van der Waals surface area contributed by atoms with Crippen molar-refractivity contribution in [2.45, 2.75) is 18.9 Å². The summed E-state index contributed by atoms with van der Waals surface area (Å²) in [7, 11) is 0. The molecule has 0 N–H and O–H groups in total. The van der Waals surface area contributed by atoms with E-state index in [1.807, 2.05) is 53.4 Å². The molecule has 7 heteroatoms. The zero-order chi connectivity index (χ0) is 18.6. The topological polar surface area (TPSA) is 60.2 Å². The first kappa shape index (κ1) is 17.5. The Labute approximate surface area is 162 Å². The molecule has 0 spiro atoms. The minimum atomic E-state index is 0.0464. The highest BCUT2D eigenvalue weighted by atomic mass is 35.5. The lowest BCUT2D eigenvalue weighted by Gasteiger charge is -2.32. The number of aromatic nitrogens is 3. The van der Waals surface area contributed by atoms with Crippen molar-refractivity contribution in [1.82, 2.24) is 19.7 Å². The Balaban J connectivity index is 1.33. The molecule has 1 saturated heterocycles. The summed E-state index contributed by atoms with van der Waals surface area (Å²) in [6, 6.07) is 14.8. The van der Waals surface area contributed by atoms with Crippen LogP contribution >= 0.6 is 11.6 Å². The van der Waals surface area contributed by atoms with Crippen molar-refractivity contribution < 1.29 is 9.53 Å². The zero-order valence-corrected chi connectivity index (χ0v) is 15.4. The van der Waals surface area contributed by atoms with Crippen molar-refractivity contribution in [3.63, 3.8) is 0 Å². The number of nitrogens with zero attached hydrogens (tertiary/aromatic N) is 4. The number of piperidine rings is 1. The summed E-state index contributed by atoms with van der Waals surface area (Å²) < 4.78 is 7.65. The van der Waals surface area contributed by atoms with Gasteiger partial charge in [-0.1, -0.05) is 11.6 Å². The lowest BCUT2D eigenvalue weighted by molar-refractivity contribution is 0.0595. The van der Waals surface area contributed by atoms with E-state index in [2.05, 4.69) is 10.1 Å². The summed E-state index contributed by atoms with van der Waals surface area (Å²) in [5.41, 5.74) is 1.55. The molecule has 138 valence electrons. The van der Waals surface area contributed by atoms with Gasteiger partial charge in [0, 0.05) is 36.5 Å². The first-order chi connectivity index (χ1) is 13.2. The number of ether oxygens (including phenoxy) is 1. The molecule has 0 radical (unpaired) electrons. The van der Waals surface area contributed by atoms with Gasteiger partial charge in [0.2, 0.25) is 0 Å². The highest BCUT2D eigenvalue weighted by molar-refractivity contribution is 6.30. The number of carbonyl (C=O) groups excluding carboxylic acids is 1. The molecule has 0 unspecified atom stereocenters. The van der Waals surface area contributed by atoms with E-state index in [1.165, 1.54) is 6.33 Å². The molecule has 1 aliphatic rings. The largest absolute Gasteiger partial charge is 0.490 e. The van der Waals surface area contributed by atoms with Gasteiger partial charge in [-0.25, -0.2) is 9.67 Å². The molecule has 1 aliphatic heterocycles. The van der Waals surface area contributed by atoms with Crippen LogP contribution in [0.5, 0.6) is 5.75 Å². The molecular weight excluding hydrogens is 364 g/mol. The number of hydrogen-bond donors (Lipinski definition) is 0. The normalized spacial score (nSPS) is 14.9.